The number of fused-ring (bicyclic) bond motifs is 1. The molecule has 1 amide bonds. The molecule has 0 saturated carbocycles. The van der Waals surface area contributed by atoms with Gasteiger partial charge in [-0.2, -0.15) is 4.31 Å². The molecule has 14 heteroatoms. The van der Waals surface area contributed by atoms with Crippen LogP contribution in [-0.2, 0) is 24.8 Å². The van der Waals surface area contributed by atoms with Crippen molar-refractivity contribution in [2.75, 3.05) is 43.4 Å². The number of rotatable bonds is 9. The lowest BCUT2D eigenvalue weighted by Gasteiger charge is -2.33. The van der Waals surface area contributed by atoms with Crippen LogP contribution in [0.5, 0.6) is 0 Å². The summed E-state index contributed by atoms with van der Waals surface area (Å²) in [4.78, 5) is 24.1. The molecule has 2 aromatic carbocycles. The summed E-state index contributed by atoms with van der Waals surface area (Å²) in [6.07, 6.45) is 7.08. The summed E-state index contributed by atoms with van der Waals surface area (Å²) in [6, 6.07) is 14.9. The van der Waals surface area contributed by atoms with Crippen molar-refractivity contribution in [3.63, 3.8) is 0 Å². The summed E-state index contributed by atoms with van der Waals surface area (Å²) >= 11 is 0. The largest absolute Gasteiger partial charge is 0.375 e. The van der Waals surface area contributed by atoms with Crippen LogP contribution in [0.3, 0.4) is 0 Å². The van der Waals surface area contributed by atoms with Crippen LogP contribution in [0.4, 0.5) is 11.5 Å². The van der Waals surface area contributed by atoms with E-state index in [2.05, 4.69) is 20.6 Å². The molecule has 45 heavy (non-hydrogen) atoms. The Hall–Kier alpha value is -4.01. The van der Waals surface area contributed by atoms with E-state index >= 15 is 0 Å². The van der Waals surface area contributed by atoms with Crippen molar-refractivity contribution < 1.29 is 21.6 Å². The Balaban J connectivity index is 1.13. The number of hydrogen-bond donors (Lipinski definition) is 2. The van der Waals surface area contributed by atoms with Crippen LogP contribution < -0.4 is 10.6 Å². The molecule has 0 unspecified atom stereocenters. The second-order valence-electron chi connectivity index (χ2n) is 11.5. The number of likely N-dealkylation sites (tertiary alicyclic amines) is 1. The van der Waals surface area contributed by atoms with Gasteiger partial charge in [-0.05, 0) is 62.9 Å². The lowest BCUT2D eigenvalue weighted by molar-refractivity contribution is -0.130. The zero-order valence-electron chi connectivity index (χ0n) is 25.1. The first-order valence-corrected chi connectivity index (χ1v) is 18.0. The van der Waals surface area contributed by atoms with Crippen LogP contribution in [-0.4, -0.2) is 84.7 Å². The third-order valence-corrected chi connectivity index (χ3v) is 12.0. The lowest BCUT2D eigenvalue weighted by atomic mass is 10.1. The third-order valence-electron chi connectivity index (χ3n) is 8.39. The van der Waals surface area contributed by atoms with Crippen LogP contribution in [0, 0.1) is 6.92 Å². The van der Waals surface area contributed by atoms with E-state index in [4.69, 9.17) is 0 Å². The van der Waals surface area contributed by atoms with Crippen molar-refractivity contribution in [3.05, 3.63) is 72.7 Å². The van der Waals surface area contributed by atoms with Gasteiger partial charge in [-0.1, -0.05) is 36.2 Å². The number of amides is 1. The smallest absolute Gasteiger partial charge is 0.269 e. The number of aryl methyl sites for hydroxylation is 1. The van der Waals surface area contributed by atoms with Gasteiger partial charge in [-0.3, -0.25) is 4.79 Å². The van der Waals surface area contributed by atoms with Crippen molar-refractivity contribution in [3.8, 4) is 0 Å². The lowest BCUT2D eigenvalue weighted by Crippen LogP contribution is -2.47. The summed E-state index contributed by atoms with van der Waals surface area (Å²) in [5.74, 6) is 0.349. The standard InChI is InChI=1S/C31H37N7O5S2/c1-23-11-13-25(14-12-23)44(40,41)38-19-15-26-30(33-22-34-31(26)38)35-24-8-7-16-36(21-24)29(39)20-32-27-9-3-4-10-28(27)45(42,43)37-17-5-2-6-18-37/h3-4,9-15,19,22,24,32H,2,5-8,16-18,20-21H2,1H3,(H,33,34,35)/t24-/m0/s1. The van der Waals surface area contributed by atoms with E-state index in [1.54, 1.807) is 59.5 Å². The first-order valence-electron chi connectivity index (χ1n) is 15.2. The van der Waals surface area contributed by atoms with E-state index in [0.717, 1.165) is 41.6 Å². The topological polar surface area (TPSA) is 147 Å². The number of piperidine rings is 2. The molecule has 6 rings (SSSR count). The monoisotopic (exact) mass is 651 g/mol. The van der Waals surface area contributed by atoms with Crippen molar-refractivity contribution in [1.29, 1.82) is 0 Å². The van der Waals surface area contributed by atoms with Gasteiger partial charge < -0.3 is 15.5 Å². The number of sulfonamides is 1. The second-order valence-corrected chi connectivity index (χ2v) is 15.2. The molecule has 1 atom stereocenters. The van der Waals surface area contributed by atoms with E-state index in [0.29, 0.717) is 43.1 Å². The highest BCUT2D eigenvalue weighted by molar-refractivity contribution is 7.90. The van der Waals surface area contributed by atoms with Gasteiger partial charge in [0.1, 0.15) is 17.0 Å². The maximum atomic E-state index is 13.4. The Morgan fingerprint density at radius 3 is 2.42 bits per heavy atom. The number of para-hydroxylation sites is 1. The minimum absolute atomic E-state index is 0.0449. The number of carbonyl (C=O) groups excluding carboxylic acids is 1. The maximum absolute atomic E-state index is 13.4. The third kappa shape index (κ3) is 6.40. The number of benzene rings is 2. The van der Waals surface area contributed by atoms with Crippen molar-refractivity contribution in [2.24, 2.45) is 0 Å². The minimum Gasteiger partial charge on any atom is -0.375 e. The van der Waals surface area contributed by atoms with Gasteiger partial charge in [-0.15, -0.1) is 0 Å². The highest BCUT2D eigenvalue weighted by Crippen LogP contribution is 2.28. The Morgan fingerprint density at radius 2 is 1.64 bits per heavy atom. The van der Waals surface area contributed by atoms with Crippen molar-refractivity contribution in [1.82, 2.24) is 23.1 Å². The summed E-state index contributed by atoms with van der Waals surface area (Å²) in [5, 5.41) is 7.04. The summed E-state index contributed by atoms with van der Waals surface area (Å²) in [6.45, 7) is 3.86. The van der Waals surface area contributed by atoms with Crippen LogP contribution in [0.2, 0.25) is 0 Å². The molecule has 2 aromatic heterocycles. The van der Waals surface area contributed by atoms with Gasteiger partial charge in [0, 0.05) is 38.4 Å². The molecular formula is C31H37N7O5S2. The first kappa shape index (κ1) is 31.0. The average molecular weight is 652 g/mol. The predicted octanol–water partition coefficient (Wildman–Crippen LogP) is 3.67. The molecule has 2 aliphatic heterocycles. The zero-order chi connectivity index (χ0) is 31.6. The number of anilines is 2. The number of aromatic nitrogens is 3. The fourth-order valence-electron chi connectivity index (χ4n) is 5.94. The van der Waals surface area contributed by atoms with Gasteiger partial charge in [0.25, 0.3) is 10.0 Å². The minimum atomic E-state index is -3.86. The summed E-state index contributed by atoms with van der Waals surface area (Å²) in [5.41, 5.74) is 1.64. The predicted molar refractivity (Wildman–Crippen MR) is 172 cm³/mol. The van der Waals surface area contributed by atoms with E-state index < -0.39 is 20.0 Å². The van der Waals surface area contributed by atoms with Gasteiger partial charge in [0.05, 0.1) is 22.5 Å². The SMILES string of the molecule is Cc1ccc(S(=O)(=O)n2ccc3c(N[C@H]4CCCN(C(=O)CNc5ccccc5S(=O)(=O)N5CCCCC5)C4)ncnc32)cc1. The second kappa shape index (κ2) is 12.8. The number of nitrogens with one attached hydrogen (secondary N) is 2. The first-order chi connectivity index (χ1) is 21.6. The van der Waals surface area contributed by atoms with Crippen LogP contribution in [0.1, 0.15) is 37.7 Å². The highest BCUT2D eigenvalue weighted by atomic mass is 32.2. The molecule has 0 spiro atoms. The van der Waals surface area contributed by atoms with Crippen LogP contribution in [0.15, 0.2) is 76.9 Å². The number of hydrogen-bond acceptors (Lipinski definition) is 9. The normalized spacial score (nSPS) is 18.2. The summed E-state index contributed by atoms with van der Waals surface area (Å²) in [7, 11) is -7.53. The van der Waals surface area contributed by atoms with Gasteiger partial charge >= 0.3 is 0 Å². The Labute approximate surface area is 263 Å². The maximum Gasteiger partial charge on any atom is 0.269 e. The van der Waals surface area contributed by atoms with Gasteiger partial charge in [0.2, 0.25) is 15.9 Å². The molecule has 12 nitrogen and oxygen atoms in total. The van der Waals surface area contributed by atoms with E-state index in [-0.39, 0.29) is 33.9 Å². The Morgan fingerprint density at radius 1 is 0.889 bits per heavy atom. The molecule has 238 valence electrons. The Kier molecular flexibility index (Phi) is 8.80. The molecule has 2 fully saturated rings. The number of nitrogens with zero attached hydrogens (tertiary/aromatic N) is 5. The number of carbonyl (C=O) groups is 1. The quantitative estimate of drug-likeness (QED) is 0.277. The summed E-state index contributed by atoms with van der Waals surface area (Å²) < 4.78 is 56.1. The van der Waals surface area contributed by atoms with Crippen LogP contribution >= 0.6 is 0 Å². The Bertz CT molecular complexity index is 1900. The molecule has 4 heterocycles. The average Bonchev–Trinajstić information content (AvgIpc) is 3.51. The molecule has 2 aliphatic rings. The molecule has 0 aliphatic carbocycles. The van der Waals surface area contributed by atoms with Crippen molar-refractivity contribution >= 4 is 48.5 Å². The van der Waals surface area contributed by atoms with E-state index in [1.807, 2.05) is 6.92 Å². The van der Waals surface area contributed by atoms with Crippen molar-refractivity contribution in [2.45, 2.75) is 54.9 Å². The highest BCUT2D eigenvalue weighted by Gasteiger charge is 2.29. The molecule has 2 saturated heterocycles. The zero-order valence-corrected chi connectivity index (χ0v) is 26.7. The molecule has 0 radical (unpaired) electrons. The molecule has 2 N–H and O–H groups in total. The van der Waals surface area contributed by atoms with E-state index in [1.165, 1.54) is 16.8 Å². The van der Waals surface area contributed by atoms with Crippen LogP contribution in [0.25, 0.3) is 11.0 Å². The van der Waals surface area contributed by atoms with Gasteiger partial charge in [-0.25, -0.2) is 30.8 Å². The molecular weight excluding hydrogens is 615 g/mol. The van der Waals surface area contributed by atoms with Gasteiger partial charge in [0.15, 0.2) is 5.65 Å². The fraction of sp³-hybridized carbons (Fsp3) is 0.387. The fourth-order valence-corrected chi connectivity index (χ4v) is 8.93. The molecule has 0 bridgehead atoms. The molecule has 4 aromatic rings. The van der Waals surface area contributed by atoms with E-state index in [9.17, 15) is 21.6 Å².